The van der Waals surface area contributed by atoms with E-state index in [0.717, 1.165) is 0 Å². The number of aromatic nitrogens is 3. The number of nitrogens with two attached hydrogens (primary N) is 1. The van der Waals surface area contributed by atoms with Crippen molar-refractivity contribution in [2.45, 2.75) is 0 Å². The van der Waals surface area contributed by atoms with Crippen LogP contribution in [0.5, 0.6) is 11.5 Å². The highest BCUT2D eigenvalue weighted by Gasteiger charge is 2.16. The number of nitrogens with one attached hydrogen (secondary N) is 2. The van der Waals surface area contributed by atoms with E-state index >= 15 is 0 Å². The van der Waals surface area contributed by atoms with E-state index in [4.69, 9.17) is 19.9 Å². The molecule has 0 radical (unpaired) electrons. The zero-order valence-corrected chi connectivity index (χ0v) is 11.2. The number of benzene rings is 1. The largest absolute Gasteiger partial charge is 0.454 e. The first-order valence-electron chi connectivity index (χ1n) is 6.16. The van der Waals surface area contributed by atoms with E-state index in [1.807, 2.05) is 0 Å². The summed E-state index contributed by atoms with van der Waals surface area (Å²) in [7, 11) is 0. The molecular weight excluding hydrogens is 294 g/mol. The fraction of sp³-hybridized carbons (Fsp3) is 0.167. The molecule has 0 unspecified atom stereocenters. The molecule has 1 amide bonds. The van der Waals surface area contributed by atoms with Crippen LogP contribution in [-0.4, -0.2) is 40.5 Å². The van der Waals surface area contributed by atoms with Gasteiger partial charge in [-0.15, -0.1) is 5.10 Å². The standard InChI is InChI=1S/C12H11N5O5/c13-12-15-10(16-17-12)11(19)20-4-9(18)14-6-1-2-7-8(3-6)22-5-21-7/h1-3H,4-5H2,(H,14,18)(H3,13,15,16,17). The third-order valence-corrected chi connectivity index (χ3v) is 2.69. The summed E-state index contributed by atoms with van der Waals surface area (Å²) < 4.78 is 15.1. The summed E-state index contributed by atoms with van der Waals surface area (Å²) in [4.78, 5) is 26.8. The fourth-order valence-corrected chi connectivity index (χ4v) is 1.74. The number of hydrogen-bond donors (Lipinski definition) is 3. The van der Waals surface area contributed by atoms with Crippen LogP contribution in [0.1, 0.15) is 10.6 Å². The molecule has 1 aromatic heterocycles. The zero-order valence-electron chi connectivity index (χ0n) is 11.2. The molecule has 1 aromatic carbocycles. The lowest BCUT2D eigenvalue weighted by molar-refractivity contribution is -0.119. The minimum absolute atomic E-state index is 0.0863. The van der Waals surface area contributed by atoms with Crippen LogP contribution < -0.4 is 20.5 Å². The van der Waals surface area contributed by atoms with Crippen molar-refractivity contribution in [1.82, 2.24) is 15.2 Å². The molecular formula is C12H11N5O5. The topological polar surface area (TPSA) is 141 Å². The third kappa shape index (κ3) is 2.90. The predicted molar refractivity (Wildman–Crippen MR) is 72.3 cm³/mol. The van der Waals surface area contributed by atoms with Gasteiger partial charge >= 0.3 is 5.97 Å². The number of aromatic amines is 1. The monoisotopic (exact) mass is 305 g/mol. The first-order chi connectivity index (χ1) is 10.6. The van der Waals surface area contributed by atoms with Gasteiger partial charge in [-0.25, -0.2) is 4.79 Å². The Bertz CT molecular complexity index is 728. The molecule has 4 N–H and O–H groups in total. The second-order valence-corrected chi connectivity index (χ2v) is 4.23. The van der Waals surface area contributed by atoms with Crippen molar-refractivity contribution in [2.24, 2.45) is 0 Å². The third-order valence-electron chi connectivity index (χ3n) is 2.69. The summed E-state index contributed by atoms with van der Waals surface area (Å²) in [5.74, 6) is -0.464. The van der Waals surface area contributed by atoms with Crippen LogP contribution in [0.25, 0.3) is 0 Å². The van der Waals surface area contributed by atoms with Gasteiger partial charge in [0.1, 0.15) is 0 Å². The molecule has 22 heavy (non-hydrogen) atoms. The SMILES string of the molecule is Nc1n[nH]c(C(=O)OCC(=O)Nc2ccc3c(c2)OCO3)n1. The van der Waals surface area contributed by atoms with Gasteiger partial charge in [-0.3, -0.25) is 9.89 Å². The Kier molecular flexibility index (Phi) is 3.48. The second kappa shape index (κ2) is 5.60. The molecule has 1 aliphatic rings. The highest BCUT2D eigenvalue weighted by Crippen LogP contribution is 2.34. The molecule has 0 fully saturated rings. The van der Waals surface area contributed by atoms with Crippen molar-refractivity contribution in [2.75, 3.05) is 24.5 Å². The summed E-state index contributed by atoms with van der Waals surface area (Å²) in [6, 6.07) is 4.92. The number of nitrogen functional groups attached to an aromatic ring is 1. The van der Waals surface area contributed by atoms with E-state index < -0.39 is 18.5 Å². The molecule has 0 spiro atoms. The van der Waals surface area contributed by atoms with Crippen LogP contribution in [-0.2, 0) is 9.53 Å². The van der Waals surface area contributed by atoms with Gasteiger partial charge in [0.25, 0.3) is 5.91 Å². The smallest absolute Gasteiger partial charge is 0.376 e. The van der Waals surface area contributed by atoms with Crippen LogP contribution in [0.4, 0.5) is 11.6 Å². The lowest BCUT2D eigenvalue weighted by atomic mass is 10.3. The van der Waals surface area contributed by atoms with E-state index in [1.54, 1.807) is 18.2 Å². The molecule has 0 atom stereocenters. The molecule has 0 aliphatic carbocycles. The molecule has 0 bridgehead atoms. The molecule has 2 aromatic rings. The average Bonchev–Trinajstić information content (AvgIpc) is 3.13. The van der Waals surface area contributed by atoms with Gasteiger partial charge < -0.3 is 25.3 Å². The number of carbonyl (C=O) groups excluding carboxylic acids is 2. The highest BCUT2D eigenvalue weighted by molar-refractivity contribution is 5.94. The second-order valence-electron chi connectivity index (χ2n) is 4.23. The van der Waals surface area contributed by atoms with E-state index in [0.29, 0.717) is 17.2 Å². The van der Waals surface area contributed by atoms with Gasteiger partial charge in [0.15, 0.2) is 18.1 Å². The minimum atomic E-state index is -0.829. The Morgan fingerprint density at radius 3 is 2.95 bits per heavy atom. The van der Waals surface area contributed by atoms with Crippen LogP contribution in [0, 0.1) is 0 Å². The van der Waals surface area contributed by atoms with E-state index in [2.05, 4.69) is 20.5 Å². The molecule has 114 valence electrons. The summed E-state index contributed by atoms with van der Waals surface area (Å²) in [5.41, 5.74) is 5.75. The van der Waals surface area contributed by atoms with Crippen molar-refractivity contribution >= 4 is 23.5 Å². The maximum absolute atomic E-state index is 11.7. The van der Waals surface area contributed by atoms with E-state index in [9.17, 15) is 9.59 Å². The summed E-state index contributed by atoms with van der Waals surface area (Å²) in [5, 5.41) is 8.33. The number of fused-ring (bicyclic) bond motifs is 1. The van der Waals surface area contributed by atoms with Crippen molar-refractivity contribution in [3.05, 3.63) is 24.0 Å². The van der Waals surface area contributed by atoms with Gasteiger partial charge in [0.2, 0.25) is 18.6 Å². The Labute approximate surface area is 123 Å². The maximum atomic E-state index is 11.7. The summed E-state index contributed by atoms with van der Waals surface area (Å²) >= 11 is 0. The number of H-pyrrole nitrogens is 1. The predicted octanol–water partition coefficient (Wildman–Crippen LogP) is -0.0889. The van der Waals surface area contributed by atoms with Gasteiger partial charge in [-0.1, -0.05) is 0 Å². The van der Waals surface area contributed by atoms with E-state index in [1.165, 1.54) is 0 Å². The summed E-state index contributed by atoms with van der Waals surface area (Å²) in [6.45, 7) is -0.335. The molecule has 1 aliphatic heterocycles. The lowest BCUT2D eigenvalue weighted by Gasteiger charge is -2.06. The molecule has 2 heterocycles. The van der Waals surface area contributed by atoms with Crippen molar-refractivity contribution in [3.8, 4) is 11.5 Å². The zero-order chi connectivity index (χ0) is 15.5. The van der Waals surface area contributed by atoms with Crippen molar-refractivity contribution < 1.29 is 23.8 Å². The minimum Gasteiger partial charge on any atom is -0.454 e. The molecule has 0 saturated heterocycles. The van der Waals surface area contributed by atoms with Crippen LogP contribution in [0.3, 0.4) is 0 Å². The number of carbonyl (C=O) groups is 2. The highest BCUT2D eigenvalue weighted by atomic mass is 16.7. The first kappa shape index (κ1) is 13.7. The number of ether oxygens (including phenoxy) is 3. The van der Waals surface area contributed by atoms with E-state index in [-0.39, 0.29) is 18.6 Å². The Hall–Kier alpha value is -3.30. The quantitative estimate of drug-likeness (QED) is 0.665. The molecule has 10 nitrogen and oxygen atoms in total. The maximum Gasteiger partial charge on any atom is 0.376 e. The number of esters is 1. The molecule has 10 heteroatoms. The number of amides is 1. The average molecular weight is 305 g/mol. The Balaban J connectivity index is 1.53. The number of anilines is 2. The molecule has 0 saturated carbocycles. The number of nitrogens with zero attached hydrogens (tertiary/aromatic N) is 2. The first-order valence-corrected chi connectivity index (χ1v) is 6.16. The van der Waals surface area contributed by atoms with Crippen LogP contribution >= 0.6 is 0 Å². The van der Waals surface area contributed by atoms with Gasteiger partial charge in [-0.05, 0) is 12.1 Å². The van der Waals surface area contributed by atoms with Gasteiger partial charge in [0.05, 0.1) is 0 Å². The number of hydrogen-bond acceptors (Lipinski definition) is 8. The normalized spacial score (nSPS) is 12.0. The molecule has 3 rings (SSSR count). The Morgan fingerprint density at radius 1 is 1.36 bits per heavy atom. The summed E-state index contributed by atoms with van der Waals surface area (Å²) in [6.07, 6.45) is 0. The Morgan fingerprint density at radius 2 is 2.18 bits per heavy atom. The lowest BCUT2D eigenvalue weighted by Crippen LogP contribution is -2.21. The fourth-order valence-electron chi connectivity index (χ4n) is 1.74. The number of rotatable bonds is 4. The van der Waals surface area contributed by atoms with Gasteiger partial charge in [-0.2, -0.15) is 4.98 Å². The van der Waals surface area contributed by atoms with Crippen LogP contribution in [0.15, 0.2) is 18.2 Å². The van der Waals surface area contributed by atoms with Crippen molar-refractivity contribution in [1.29, 1.82) is 0 Å². The van der Waals surface area contributed by atoms with Gasteiger partial charge in [0, 0.05) is 11.8 Å². The van der Waals surface area contributed by atoms with Crippen LogP contribution in [0.2, 0.25) is 0 Å². The van der Waals surface area contributed by atoms with Crippen molar-refractivity contribution in [3.63, 3.8) is 0 Å².